The Morgan fingerprint density at radius 2 is 1.96 bits per heavy atom. The molecule has 2 aromatic rings. The van der Waals surface area contributed by atoms with Crippen molar-refractivity contribution >= 4 is 22.8 Å². The first-order valence-electron chi connectivity index (χ1n) is 8.80. The molecule has 1 aromatic carbocycles. The third kappa shape index (κ3) is 2.83. The van der Waals surface area contributed by atoms with E-state index in [1.807, 2.05) is 29.2 Å². The van der Waals surface area contributed by atoms with Gasteiger partial charge in [0.2, 0.25) is 0 Å². The lowest BCUT2D eigenvalue weighted by Crippen LogP contribution is -2.61. The van der Waals surface area contributed by atoms with E-state index >= 15 is 0 Å². The van der Waals surface area contributed by atoms with Crippen LogP contribution >= 0.6 is 0 Å². The van der Waals surface area contributed by atoms with Gasteiger partial charge in [-0.3, -0.25) is 19.5 Å². The minimum atomic E-state index is -0.941. The number of pyridine rings is 1. The van der Waals surface area contributed by atoms with Crippen LogP contribution in [0.2, 0.25) is 0 Å². The minimum Gasteiger partial charge on any atom is -0.480 e. The molecule has 2 aliphatic heterocycles. The maximum atomic E-state index is 12.8. The van der Waals surface area contributed by atoms with E-state index in [1.54, 1.807) is 17.2 Å². The summed E-state index contributed by atoms with van der Waals surface area (Å²) in [5, 5.41) is 10.6. The van der Waals surface area contributed by atoms with Gasteiger partial charge in [-0.1, -0.05) is 6.07 Å². The molecule has 0 radical (unpaired) electrons. The Morgan fingerprint density at radius 1 is 1.15 bits per heavy atom. The van der Waals surface area contributed by atoms with Crippen LogP contribution in [0.3, 0.4) is 0 Å². The molecule has 7 nitrogen and oxygen atoms in total. The zero-order valence-corrected chi connectivity index (χ0v) is 14.4. The first-order valence-corrected chi connectivity index (χ1v) is 8.80. The number of hydrogen-bond donors (Lipinski definition) is 1. The number of carboxylic acids is 1. The Hall–Kier alpha value is -2.51. The number of hydrogen-bond acceptors (Lipinski definition) is 5. The zero-order valence-electron chi connectivity index (χ0n) is 14.4. The van der Waals surface area contributed by atoms with E-state index in [0.717, 1.165) is 10.9 Å². The number of ether oxygens (including phenoxy) is 1. The SMILES string of the molecule is O=C(c1ccc2ncccc2c1)N1CCN(C2(C(=O)O)CCOC2)CC1. The second-order valence-electron chi connectivity index (χ2n) is 6.83. The van der Waals surface area contributed by atoms with Crippen molar-refractivity contribution in [2.75, 3.05) is 39.4 Å². The fourth-order valence-corrected chi connectivity index (χ4v) is 3.84. The third-order valence-electron chi connectivity index (χ3n) is 5.42. The topological polar surface area (TPSA) is 83.0 Å². The molecule has 2 fully saturated rings. The molecule has 2 aliphatic rings. The van der Waals surface area contributed by atoms with E-state index in [2.05, 4.69) is 4.98 Å². The average molecular weight is 355 g/mol. The summed E-state index contributed by atoms with van der Waals surface area (Å²) < 4.78 is 5.35. The lowest BCUT2D eigenvalue weighted by atomic mass is 9.95. The fraction of sp³-hybridized carbons (Fsp3) is 0.421. The molecular formula is C19H21N3O4. The summed E-state index contributed by atoms with van der Waals surface area (Å²) in [6.45, 7) is 2.79. The lowest BCUT2D eigenvalue weighted by Gasteiger charge is -2.42. The number of rotatable bonds is 3. The van der Waals surface area contributed by atoms with Gasteiger partial charge in [-0.25, -0.2) is 0 Å². The molecular weight excluding hydrogens is 334 g/mol. The van der Waals surface area contributed by atoms with E-state index in [9.17, 15) is 14.7 Å². The van der Waals surface area contributed by atoms with Crippen molar-refractivity contribution < 1.29 is 19.4 Å². The van der Waals surface area contributed by atoms with Gasteiger partial charge in [-0.2, -0.15) is 0 Å². The minimum absolute atomic E-state index is 0.0255. The first kappa shape index (κ1) is 16.9. The van der Waals surface area contributed by atoms with Crippen LogP contribution in [0.5, 0.6) is 0 Å². The van der Waals surface area contributed by atoms with E-state index < -0.39 is 11.5 Å². The van der Waals surface area contributed by atoms with Crippen LogP contribution in [0.1, 0.15) is 16.8 Å². The standard InChI is InChI=1S/C19H21N3O4/c23-17(15-3-4-16-14(12-15)2-1-6-20-16)21-7-9-22(10-8-21)19(18(24)25)5-11-26-13-19/h1-4,6,12H,5,7-11,13H2,(H,24,25). The highest BCUT2D eigenvalue weighted by Crippen LogP contribution is 2.28. The second-order valence-corrected chi connectivity index (χ2v) is 6.83. The van der Waals surface area contributed by atoms with Gasteiger partial charge in [0.1, 0.15) is 5.54 Å². The number of carboxylic acid groups (broad SMARTS) is 1. The summed E-state index contributed by atoms with van der Waals surface area (Å²) >= 11 is 0. The Morgan fingerprint density at radius 3 is 2.65 bits per heavy atom. The molecule has 0 spiro atoms. The molecule has 1 atom stereocenters. The molecule has 26 heavy (non-hydrogen) atoms. The van der Waals surface area contributed by atoms with Crippen molar-refractivity contribution in [1.29, 1.82) is 0 Å². The van der Waals surface area contributed by atoms with Gasteiger partial charge in [0.15, 0.2) is 0 Å². The molecule has 3 heterocycles. The Balaban J connectivity index is 1.47. The number of aromatic nitrogens is 1. The predicted octanol–water partition coefficient (Wildman–Crippen LogP) is 1.24. The number of carbonyl (C=O) groups excluding carboxylic acids is 1. The lowest BCUT2D eigenvalue weighted by molar-refractivity contribution is -0.152. The Bertz CT molecular complexity index is 840. The van der Waals surface area contributed by atoms with Crippen LogP contribution in [-0.4, -0.2) is 76.7 Å². The van der Waals surface area contributed by atoms with E-state index in [4.69, 9.17) is 4.74 Å². The van der Waals surface area contributed by atoms with Gasteiger partial charge >= 0.3 is 5.97 Å². The number of fused-ring (bicyclic) bond motifs is 1. The molecule has 1 aromatic heterocycles. The molecule has 4 rings (SSSR count). The molecule has 0 aliphatic carbocycles. The van der Waals surface area contributed by atoms with Crippen molar-refractivity contribution in [3.05, 3.63) is 42.1 Å². The van der Waals surface area contributed by atoms with Crippen molar-refractivity contribution in [2.45, 2.75) is 12.0 Å². The maximum Gasteiger partial charge on any atom is 0.326 e. The van der Waals surface area contributed by atoms with Gasteiger partial charge in [0.05, 0.1) is 12.1 Å². The van der Waals surface area contributed by atoms with Gasteiger partial charge in [-0.15, -0.1) is 0 Å². The van der Waals surface area contributed by atoms with Gasteiger partial charge < -0.3 is 14.7 Å². The van der Waals surface area contributed by atoms with Crippen LogP contribution in [0.4, 0.5) is 0 Å². The zero-order chi connectivity index (χ0) is 18.1. The van der Waals surface area contributed by atoms with Crippen LogP contribution in [0.25, 0.3) is 10.9 Å². The Kier molecular flexibility index (Phi) is 4.34. The molecule has 7 heteroatoms. The second kappa shape index (κ2) is 6.66. The van der Waals surface area contributed by atoms with Crippen molar-refractivity contribution in [1.82, 2.24) is 14.8 Å². The van der Waals surface area contributed by atoms with Gasteiger partial charge in [0.25, 0.3) is 5.91 Å². The normalized spacial score (nSPS) is 24.1. The summed E-state index contributed by atoms with van der Waals surface area (Å²) in [6, 6.07) is 9.31. The highest BCUT2D eigenvalue weighted by molar-refractivity contribution is 5.98. The summed E-state index contributed by atoms with van der Waals surface area (Å²) in [5.41, 5.74) is 0.554. The van der Waals surface area contributed by atoms with Crippen LogP contribution in [0.15, 0.2) is 36.5 Å². The average Bonchev–Trinajstić information content (AvgIpc) is 3.18. The highest BCUT2D eigenvalue weighted by Gasteiger charge is 2.48. The first-order chi connectivity index (χ1) is 12.6. The summed E-state index contributed by atoms with van der Waals surface area (Å²) in [4.78, 5) is 32.6. The number of amides is 1. The quantitative estimate of drug-likeness (QED) is 0.892. The van der Waals surface area contributed by atoms with E-state index in [1.165, 1.54) is 0 Å². The molecule has 1 amide bonds. The molecule has 2 saturated heterocycles. The monoisotopic (exact) mass is 355 g/mol. The van der Waals surface area contributed by atoms with Crippen molar-refractivity contribution in [3.8, 4) is 0 Å². The van der Waals surface area contributed by atoms with Crippen LogP contribution in [0, 0.1) is 0 Å². The van der Waals surface area contributed by atoms with Crippen LogP contribution in [-0.2, 0) is 9.53 Å². The largest absolute Gasteiger partial charge is 0.480 e. The fourth-order valence-electron chi connectivity index (χ4n) is 3.84. The third-order valence-corrected chi connectivity index (χ3v) is 5.42. The van der Waals surface area contributed by atoms with Crippen molar-refractivity contribution in [2.24, 2.45) is 0 Å². The summed E-state index contributed by atoms with van der Waals surface area (Å²) in [7, 11) is 0. The molecule has 1 N–H and O–H groups in total. The highest BCUT2D eigenvalue weighted by atomic mass is 16.5. The van der Waals surface area contributed by atoms with Crippen LogP contribution < -0.4 is 0 Å². The number of carbonyl (C=O) groups is 2. The molecule has 0 saturated carbocycles. The molecule has 0 bridgehead atoms. The van der Waals surface area contributed by atoms with E-state index in [0.29, 0.717) is 44.8 Å². The number of nitrogens with zero attached hydrogens (tertiary/aromatic N) is 3. The van der Waals surface area contributed by atoms with Crippen molar-refractivity contribution in [3.63, 3.8) is 0 Å². The smallest absolute Gasteiger partial charge is 0.326 e. The summed E-state index contributed by atoms with van der Waals surface area (Å²) in [6.07, 6.45) is 2.22. The number of aliphatic carboxylic acids is 1. The number of piperazine rings is 1. The Labute approximate surface area is 151 Å². The molecule has 136 valence electrons. The predicted molar refractivity (Wildman–Crippen MR) is 95.0 cm³/mol. The van der Waals surface area contributed by atoms with Gasteiger partial charge in [0, 0.05) is 56.4 Å². The summed E-state index contributed by atoms with van der Waals surface area (Å²) in [5.74, 6) is -0.862. The maximum absolute atomic E-state index is 12.8. The van der Waals surface area contributed by atoms with E-state index in [-0.39, 0.29) is 12.5 Å². The van der Waals surface area contributed by atoms with Gasteiger partial charge in [-0.05, 0) is 24.3 Å². The molecule has 1 unspecified atom stereocenters. The number of benzene rings is 1.